The topological polar surface area (TPSA) is 48.4 Å². The Labute approximate surface area is 112 Å². The first-order chi connectivity index (χ1) is 9.24. The number of esters is 1. The monoisotopic (exact) mass is 257 g/mol. The zero-order valence-corrected chi connectivity index (χ0v) is 10.9. The highest BCUT2D eigenvalue weighted by Gasteiger charge is 2.07. The zero-order valence-electron chi connectivity index (χ0n) is 10.9. The van der Waals surface area contributed by atoms with E-state index in [-0.39, 0.29) is 5.97 Å². The second-order valence-electron chi connectivity index (χ2n) is 3.88. The van der Waals surface area contributed by atoms with Crippen molar-refractivity contribution in [3.63, 3.8) is 0 Å². The van der Waals surface area contributed by atoms with Crippen molar-refractivity contribution < 1.29 is 14.3 Å². The highest BCUT2D eigenvalue weighted by molar-refractivity contribution is 5.90. The van der Waals surface area contributed by atoms with Gasteiger partial charge in [0, 0.05) is 11.8 Å². The first-order valence-corrected chi connectivity index (χ1v) is 6.02. The summed E-state index contributed by atoms with van der Waals surface area (Å²) in [7, 11) is 1.36. The largest absolute Gasteiger partial charge is 0.494 e. The van der Waals surface area contributed by atoms with E-state index in [9.17, 15) is 4.79 Å². The molecule has 0 saturated heterocycles. The van der Waals surface area contributed by atoms with Crippen LogP contribution < -0.4 is 4.74 Å². The Bertz CT molecular complexity index is 564. The molecular weight excluding hydrogens is 242 g/mol. The molecule has 0 atom stereocenters. The summed E-state index contributed by atoms with van der Waals surface area (Å²) in [6.07, 6.45) is 1.60. The molecular formula is C15H15NO3. The Balaban J connectivity index is 2.28. The first-order valence-electron chi connectivity index (χ1n) is 6.02. The Morgan fingerprint density at radius 2 is 1.95 bits per heavy atom. The second-order valence-corrected chi connectivity index (χ2v) is 3.88. The van der Waals surface area contributed by atoms with Crippen molar-refractivity contribution in [1.29, 1.82) is 0 Å². The zero-order chi connectivity index (χ0) is 13.7. The van der Waals surface area contributed by atoms with E-state index >= 15 is 0 Å². The van der Waals surface area contributed by atoms with Crippen molar-refractivity contribution in [3.8, 4) is 17.0 Å². The molecule has 4 nitrogen and oxygen atoms in total. The second kappa shape index (κ2) is 6.00. The van der Waals surface area contributed by atoms with Crippen LogP contribution in [0.25, 0.3) is 11.3 Å². The Morgan fingerprint density at radius 1 is 1.21 bits per heavy atom. The smallest absolute Gasteiger partial charge is 0.337 e. The van der Waals surface area contributed by atoms with Crippen LogP contribution >= 0.6 is 0 Å². The molecule has 0 unspecified atom stereocenters. The van der Waals surface area contributed by atoms with Crippen molar-refractivity contribution in [2.45, 2.75) is 6.92 Å². The van der Waals surface area contributed by atoms with Gasteiger partial charge in [-0.3, -0.25) is 4.98 Å². The fourth-order valence-electron chi connectivity index (χ4n) is 1.72. The van der Waals surface area contributed by atoms with Crippen LogP contribution in [0, 0.1) is 0 Å². The molecule has 0 spiro atoms. The van der Waals surface area contributed by atoms with E-state index in [1.807, 2.05) is 31.2 Å². The molecule has 0 radical (unpaired) electrons. The van der Waals surface area contributed by atoms with Gasteiger partial charge in [0.15, 0.2) is 0 Å². The quantitative estimate of drug-likeness (QED) is 0.790. The number of hydrogen-bond donors (Lipinski definition) is 0. The number of hydrogen-bond acceptors (Lipinski definition) is 4. The van der Waals surface area contributed by atoms with E-state index < -0.39 is 0 Å². The summed E-state index contributed by atoms with van der Waals surface area (Å²) >= 11 is 0. The van der Waals surface area contributed by atoms with Gasteiger partial charge in [-0.1, -0.05) is 0 Å². The molecule has 2 rings (SSSR count). The summed E-state index contributed by atoms with van der Waals surface area (Å²) in [6.45, 7) is 2.57. The van der Waals surface area contributed by atoms with E-state index in [0.717, 1.165) is 17.0 Å². The summed E-state index contributed by atoms with van der Waals surface area (Å²) in [5.41, 5.74) is 2.14. The number of benzene rings is 1. The van der Waals surface area contributed by atoms with Crippen LogP contribution in [0.15, 0.2) is 42.6 Å². The molecule has 0 aliphatic carbocycles. The number of carbonyl (C=O) groups excluding carboxylic acids is 1. The van der Waals surface area contributed by atoms with Crippen LogP contribution in [0.3, 0.4) is 0 Å². The van der Waals surface area contributed by atoms with Crippen molar-refractivity contribution in [2.24, 2.45) is 0 Å². The molecule has 1 aromatic carbocycles. The lowest BCUT2D eigenvalue weighted by molar-refractivity contribution is 0.0600. The molecule has 0 fully saturated rings. The van der Waals surface area contributed by atoms with Crippen LogP contribution in [-0.2, 0) is 4.74 Å². The van der Waals surface area contributed by atoms with Crippen molar-refractivity contribution >= 4 is 5.97 Å². The molecule has 0 aliphatic rings. The number of rotatable bonds is 4. The van der Waals surface area contributed by atoms with E-state index in [1.165, 1.54) is 7.11 Å². The lowest BCUT2D eigenvalue weighted by Crippen LogP contribution is -2.01. The standard InChI is InChI=1S/C15H15NO3/c1-3-19-13-6-4-11(5-7-13)14-10-12(8-9-16-14)15(17)18-2/h4-10H,3H2,1-2H3. The van der Waals surface area contributed by atoms with Crippen LogP contribution in [0.1, 0.15) is 17.3 Å². The van der Waals surface area contributed by atoms with E-state index in [4.69, 9.17) is 9.47 Å². The number of carbonyl (C=O) groups is 1. The van der Waals surface area contributed by atoms with Gasteiger partial charge in [0.25, 0.3) is 0 Å². The predicted molar refractivity (Wildman–Crippen MR) is 72.2 cm³/mol. The maximum atomic E-state index is 11.5. The highest BCUT2D eigenvalue weighted by atomic mass is 16.5. The minimum atomic E-state index is -0.366. The molecule has 1 aromatic heterocycles. The third-order valence-corrected chi connectivity index (χ3v) is 2.64. The lowest BCUT2D eigenvalue weighted by atomic mass is 10.1. The van der Waals surface area contributed by atoms with Gasteiger partial charge >= 0.3 is 5.97 Å². The predicted octanol–water partition coefficient (Wildman–Crippen LogP) is 2.93. The number of nitrogens with zero attached hydrogens (tertiary/aromatic N) is 1. The van der Waals surface area contributed by atoms with Crippen LogP contribution in [0.2, 0.25) is 0 Å². The van der Waals surface area contributed by atoms with Crippen molar-refractivity contribution in [2.75, 3.05) is 13.7 Å². The van der Waals surface area contributed by atoms with Crippen molar-refractivity contribution in [1.82, 2.24) is 4.98 Å². The minimum absolute atomic E-state index is 0.366. The fourth-order valence-corrected chi connectivity index (χ4v) is 1.72. The number of pyridine rings is 1. The van der Waals surface area contributed by atoms with E-state index in [0.29, 0.717) is 12.2 Å². The van der Waals surface area contributed by atoms with Crippen LogP contribution in [0.5, 0.6) is 5.75 Å². The molecule has 0 saturated carbocycles. The van der Waals surface area contributed by atoms with Gasteiger partial charge in [-0.2, -0.15) is 0 Å². The third kappa shape index (κ3) is 3.10. The molecule has 4 heteroatoms. The molecule has 2 aromatic rings. The SMILES string of the molecule is CCOc1ccc(-c2cc(C(=O)OC)ccn2)cc1. The van der Waals surface area contributed by atoms with Crippen molar-refractivity contribution in [3.05, 3.63) is 48.2 Å². The molecule has 0 aliphatic heterocycles. The fraction of sp³-hybridized carbons (Fsp3) is 0.200. The van der Waals surface area contributed by atoms with E-state index in [1.54, 1.807) is 18.3 Å². The summed E-state index contributed by atoms with van der Waals surface area (Å²) in [5.74, 6) is 0.449. The molecule has 98 valence electrons. The third-order valence-electron chi connectivity index (χ3n) is 2.64. The highest BCUT2D eigenvalue weighted by Crippen LogP contribution is 2.21. The number of ether oxygens (including phenoxy) is 2. The average Bonchev–Trinajstić information content (AvgIpc) is 2.48. The molecule has 1 heterocycles. The van der Waals surface area contributed by atoms with Gasteiger partial charge in [0.05, 0.1) is 25.0 Å². The van der Waals surface area contributed by atoms with Gasteiger partial charge in [-0.15, -0.1) is 0 Å². The summed E-state index contributed by atoms with van der Waals surface area (Å²) in [4.78, 5) is 15.7. The Kier molecular flexibility index (Phi) is 4.13. The summed E-state index contributed by atoms with van der Waals surface area (Å²) in [5, 5.41) is 0. The molecule has 0 N–H and O–H groups in total. The maximum Gasteiger partial charge on any atom is 0.337 e. The van der Waals surface area contributed by atoms with Crippen LogP contribution in [0.4, 0.5) is 0 Å². The first kappa shape index (κ1) is 13.1. The number of aromatic nitrogens is 1. The van der Waals surface area contributed by atoms with Gasteiger partial charge < -0.3 is 9.47 Å². The Hall–Kier alpha value is -2.36. The van der Waals surface area contributed by atoms with Crippen LogP contribution in [-0.4, -0.2) is 24.7 Å². The minimum Gasteiger partial charge on any atom is -0.494 e. The summed E-state index contributed by atoms with van der Waals surface area (Å²) in [6, 6.07) is 10.9. The summed E-state index contributed by atoms with van der Waals surface area (Å²) < 4.78 is 10.1. The van der Waals surface area contributed by atoms with Gasteiger partial charge in [0.1, 0.15) is 5.75 Å². The molecule has 0 bridgehead atoms. The Morgan fingerprint density at radius 3 is 2.58 bits per heavy atom. The number of methoxy groups -OCH3 is 1. The van der Waals surface area contributed by atoms with Gasteiger partial charge in [-0.25, -0.2) is 4.79 Å². The maximum absolute atomic E-state index is 11.5. The van der Waals surface area contributed by atoms with Gasteiger partial charge in [-0.05, 0) is 43.3 Å². The van der Waals surface area contributed by atoms with E-state index in [2.05, 4.69) is 4.98 Å². The lowest BCUT2D eigenvalue weighted by Gasteiger charge is -2.06. The molecule has 19 heavy (non-hydrogen) atoms. The molecule has 0 amide bonds. The normalized spacial score (nSPS) is 10.0. The van der Waals surface area contributed by atoms with Gasteiger partial charge in [0.2, 0.25) is 0 Å². The average molecular weight is 257 g/mol.